The van der Waals surface area contributed by atoms with E-state index in [0.29, 0.717) is 31.7 Å². The molecule has 3 N–H and O–H groups in total. The molecule has 390 valence electrons. The van der Waals surface area contributed by atoms with Gasteiger partial charge in [0.2, 0.25) is 0 Å². The maximum Gasteiger partial charge on any atom is 0.356 e. The molecule has 2 aliphatic heterocycles. The molecule has 0 aliphatic carbocycles. The second-order valence-corrected chi connectivity index (χ2v) is 18.2. The Balaban J connectivity index is 0.000000205. The fourth-order valence-corrected chi connectivity index (χ4v) is 9.72. The standard InChI is InChI=1S/C26H28N6O3.C22H26N4O2.C5H6N2O2.2CH4/c1-4-32-23-8-7-20(16(2)25(23)28-29-32)21(12-24(33)34)18-6-5-17-9-10-31(13-19(17)11-18)26(35)22-14-30(3)15-27-22;1-4-26-20-8-7-18(14(2)22(20)24-25-26)19(12-21(27)28-3)16-6-5-15-9-10-23-13-17(15)11-16;1-7-2-4(5(8)9)6-3-7;;/h5-8,11,14-15,21H,4,9-10,12-13H2,1-3H3,(H,33,34);5-8,11,19,23H,4,9-10,12-13H2,1-3H3;2-3H,1H3,(H,8,9);2*1H4. The van der Waals surface area contributed by atoms with Crippen molar-refractivity contribution < 1.29 is 34.1 Å². The van der Waals surface area contributed by atoms with Gasteiger partial charge in [-0.25, -0.2) is 24.1 Å². The predicted octanol–water partition coefficient (Wildman–Crippen LogP) is 7.79. The number of carbonyl (C=O) groups is 4. The van der Waals surface area contributed by atoms with Gasteiger partial charge in [0, 0.05) is 71.0 Å². The highest BCUT2D eigenvalue weighted by Gasteiger charge is 2.28. The lowest BCUT2D eigenvalue weighted by atomic mass is 9.83. The normalized spacial score (nSPS) is 13.4. The molecule has 10 rings (SSSR count). The molecule has 0 saturated carbocycles. The average Bonchev–Trinajstić information content (AvgIpc) is 4.22. The minimum atomic E-state index is -0.990. The van der Waals surface area contributed by atoms with Gasteiger partial charge in [-0.3, -0.25) is 14.4 Å². The van der Waals surface area contributed by atoms with E-state index in [1.54, 1.807) is 33.6 Å². The van der Waals surface area contributed by atoms with Gasteiger partial charge in [-0.15, -0.1) is 10.2 Å². The van der Waals surface area contributed by atoms with Crippen LogP contribution in [0.1, 0.15) is 130 Å². The van der Waals surface area contributed by atoms with Gasteiger partial charge >= 0.3 is 17.9 Å². The number of hydrogen-bond donors (Lipinski definition) is 3. The van der Waals surface area contributed by atoms with Crippen LogP contribution < -0.4 is 5.32 Å². The minimum Gasteiger partial charge on any atom is -0.481 e. The summed E-state index contributed by atoms with van der Waals surface area (Å²) in [5.74, 6) is -2.57. The fourth-order valence-electron chi connectivity index (χ4n) is 9.72. The molecule has 0 saturated heterocycles. The molecule has 0 fully saturated rings. The Kier molecular flexibility index (Phi) is 18.0. The average molecular weight is 1010 g/mol. The topological polar surface area (TPSA) is 230 Å². The van der Waals surface area contributed by atoms with Gasteiger partial charge in [0.05, 0.1) is 43.6 Å². The monoisotopic (exact) mass is 1010 g/mol. The van der Waals surface area contributed by atoms with Gasteiger partial charge in [0.1, 0.15) is 16.7 Å². The van der Waals surface area contributed by atoms with E-state index in [1.807, 2.05) is 48.5 Å². The number of carbonyl (C=O) groups excluding carboxylic acids is 2. The van der Waals surface area contributed by atoms with Crippen LogP contribution in [-0.2, 0) is 67.4 Å². The van der Waals surface area contributed by atoms with E-state index in [-0.39, 0.29) is 50.7 Å². The molecule has 1 amide bonds. The number of aryl methyl sites for hydroxylation is 6. The van der Waals surface area contributed by atoms with Crippen molar-refractivity contribution >= 4 is 45.9 Å². The summed E-state index contributed by atoms with van der Waals surface area (Å²) in [5, 5.41) is 38.7. The summed E-state index contributed by atoms with van der Waals surface area (Å²) in [6, 6.07) is 20.9. The maximum absolute atomic E-state index is 13.0. The summed E-state index contributed by atoms with van der Waals surface area (Å²) >= 11 is 0. The van der Waals surface area contributed by atoms with Crippen LogP contribution in [0, 0.1) is 13.8 Å². The van der Waals surface area contributed by atoms with Crippen molar-refractivity contribution in [3.8, 4) is 0 Å². The van der Waals surface area contributed by atoms with Crippen molar-refractivity contribution in [2.24, 2.45) is 14.1 Å². The van der Waals surface area contributed by atoms with E-state index in [2.05, 4.69) is 92.2 Å². The summed E-state index contributed by atoms with van der Waals surface area (Å²) in [5.41, 5.74) is 15.2. The molecule has 0 radical (unpaired) electrons. The van der Waals surface area contributed by atoms with E-state index in [9.17, 15) is 24.3 Å². The first-order chi connectivity index (χ1) is 34.7. The van der Waals surface area contributed by atoms with Crippen LogP contribution in [0.3, 0.4) is 0 Å². The maximum atomic E-state index is 13.0. The van der Waals surface area contributed by atoms with Crippen molar-refractivity contribution in [3.63, 3.8) is 0 Å². The summed E-state index contributed by atoms with van der Waals surface area (Å²) in [7, 11) is 5.00. The zero-order valence-corrected chi connectivity index (χ0v) is 41.7. The number of aromatic carboxylic acids is 1. The lowest BCUT2D eigenvalue weighted by molar-refractivity contribution is -0.141. The van der Waals surface area contributed by atoms with Crippen molar-refractivity contribution in [2.45, 2.75) is 106 Å². The predicted molar refractivity (Wildman–Crippen MR) is 282 cm³/mol. The number of hydrogen-bond acceptors (Lipinski definition) is 12. The zero-order valence-electron chi connectivity index (χ0n) is 41.7. The molecule has 0 spiro atoms. The molecular weight excluding hydrogens is 941 g/mol. The van der Waals surface area contributed by atoms with E-state index in [4.69, 9.17) is 9.84 Å². The Morgan fingerprint density at radius 3 is 1.70 bits per heavy atom. The molecular formula is C55H68N12O7. The molecule has 2 unspecified atom stereocenters. The summed E-state index contributed by atoms with van der Waals surface area (Å²) < 4.78 is 12.1. The van der Waals surface area contributed by atoms with E-state index in [1.165, 1.54) is 36.3 Å². The number of amides is 1. The third-order valence-corrected chi connectivity index (χ3v) is 13.6. The van der Waals surface area contributed by atoms with Gasteiger partial charge in [0.25, 0.3) is 5.91 Å². The molecule has 74 heavy (non-hydrogen) atoms. The van der Waals surface area contributed by atoms with Gasteiger partial charge in [-0.05, 0) is 115 Å². The van der Waals surface area contributed by atoms with Gasteiger partial charge in [-0.1, -0.05) is 73.8 Å². The molecule has 19 nitrogen and oxygen atoms in total. The SMILES string of the molecule is C.C.CCn1nnc2c(C)c(C(CC(=O)O)c3ccc4c(c3)CN(C(=O)c3cn(C)cn3)CC4)ccc21.CCn1nnc2c(C)c(C(CC(=O)OC)c3ccc4c(c3)CNCC4)ccc21.Cn1cnc(C(=O)O)c1. The highest BCUT2D eigenvalue weighted by molar-refractivity contribution is 5.92. The number of rotatable bonds is 12. The quantitative estimate of drug-likeness (QED) is 0.0993. The largest absolute Gasteiger partial charge is 0.481 e. The number of ether oxygens (including phenoxy) is 1. The molecule has 4 aromatic carbocycles. The number of esters is 1. The molecule has 6 heterocycles. The Bertz CT molecular complexity index is 3290. The smallest absolute Gasteiger partial charge is 0.356 e. The van der Waals surface area contributed by atoms with E-state index in [0.717, 1.165) is 93.5 Å². The molecule has 8 aromatic rings. The third kappa shape index (κ3) is 11.9. The zero-order chi connectivity index (χ0) is 51.2. The van der Waals surface area contributed by atoms with Gasteiger partial charge in [-0.2, -0.15) is 0 Å². The van der Waals surface area contributed by atoms with Crippen molar-refractivity contribution in [1.29, 1.82) is 0 Å². The Labute approximate surface area is 431 Å². The number of aromatic nitrogens is 10. The number of carboxylic acids is 2. The first kappa shape index (κ1) is 55.3. The molecule has 19 heteroatoms. The lowest BCUT2D eigenvalue weighted by Gasteiger charge is -2.29. The Morgan fingerprint density at radius 2 is 1.22 bits per heavy atom. The van der Waals surface area contributed by atoms with Crippen LogP contribution in [0.15, 0.2) is 85.7 Å². The van der Waals surface area contributed by atoms with Crippen LogP contribution >= 0.6 is 0 Å². The molecule has 4 aromatic heterocycles. The highest BCUT2D eigenvalue weighted by atomic mass is 16.5. The first-order valence-electron chi connectivity index (χ1n) is 24.0. The number of imidazole rings is 2. The fraction of sp³-hybridized carbons (Fsp3) is 0.382. The number of nitrogens with zero attached hydrogens (tertiary/aromatic N) is 11. The summed E-state index contributed by atoms with van der Waals surface area (Å²) in [6.45, 7) is 12.6. The van der Waals surface area contributed by atoms with Crippen molar-refractivity contribution in [1.82, 2.24) is 59.3 Å². The number of methoxy groups -OCH3 is 1. The Morgan fingerprint density at radius 1 is 0.689 bits per heavy atom. The highest BCUT2D eigenvalue weighted by Crippen LogP contribution is 2.37. The lowest BCUT2D eigenvalue weighted by Crippen LogP contribution is -2.36. The number of carboxylic acid groups (broad SMARTS) is 2. The van der Waals surface area contributed by atoms with Crippen LogP contribution in [0.5, 0.6) is 0 Å². The Hall–Kier alpha value is -8.06. The van der Waals surface area contributed by atoms with E-state index >= 15 is 0 Å². The van der Waals surface area contributed by atoms with Crippen LogP contribution in [0.4, 0.5) is 0 Å². The van der Waals surface area contributed by atoms with Gasteiger partial charge < -0.3 is 34.3 Å². The van der Waals surface area contributed by atoms with Crippen LogP contribution in [0.25, 0.3) is 22.1 Å². The number of nitrogens with one attached hydrogen (secondary N) is 1. The molecule has 2 aliphatic rings. The minimum absolute atomic E-state index is 0. The number of benzene rings is 4. The number of aliphatic carboxylic acids is 1. The molecule has 0 bridgehead atoms. The van der Waals surface area contributed by atoms with Gasteiger partial charge in [0.15, 0.2) is 5.69 Å². The number of fused-ring (bicyclic) bond motifs is 4. The third-order valence-electron chi connectivity index (χ3n) is 13.6. The van der Waals surface area contributed by atoms with Crippen molar-refractivity contribution in [3.05, 3.63) is 153 Å². The molecule has 2 atom stereocenters. The van der Waals surface area contributed by atoms with Crippen molar-refractivity contribution in [2.75, 3.05) is 20.2 Å². The first-order valence-corrected chi connectivity index (χ1v) is 24.0. The second kappa shape index (κ2) is 24.1. The van der Waals surface area contributed by atoms with E-state index < -0.39 is 11.9 Å². The van der Waals surface area contributed by atoms with Crippen LogP contribution in [0.2, 0.25) is 0 Å². The summed E-state index contributed by atoms with van der Waals surface area (Å²) in [6.07, 6.45) is 8.31. The second-order valence-electron chi connectivity index (χ2n) is 18.2. The summed E-state index contributed by atoms with van der Waals surface area (Å²) in [4.78, 5) is 56.8. The van der Waals surface area contributed by atoms with Crippen LogP contribution in [-0.4, -0.2) is 108 Å².